The Kier molecular flexibility index (Phi) is 4.58. The highest BCUT2D eigenvalue weighted by Gasteiger charge is 2.36. The van der Waals surface area contributed by atoms with Crippen molar-refractivity contribution < 1.29 is 4.74 Å². The van der Waals surface area contributed by atoms with Crippen LogP contribution in [0.1, 0.15) is 32.6 Å². The van der Waals surface area contributed by atoms with Crippen LogP contribution in [0.15, 0.2) is 30.3 Å². The second-order valence-corrected chi connectivity index (χ2v) is 6.09. The van der Waals surface area contributed by atoms with E-state index < -0.39 is 0 Å². The van der Waals surface area contributed by atoms with E-state index in [4.69, 9.17) is 4.74 Å². The topological polar surface area (TPSA) is 24.5 Å². The van der Waals surface area contributed by atoms with Gasteiger partial charge >= 0.3 is 0 Å². The summed E-state index contributed by atoms with van der Waals surface area (Å²) < 4.78 is 5.96. The van der Waals surface area contributed by atoms with Crippen molar-refractivity contribution in [2.45, 2.75) is 50.8 Å². The highest BCUT2D eigenvalue weighted by atomic mass is 16.5. The van der Waals surface area contributed by atoms with Crippen molar-refractivity contribution in [2.75, 3.05) is 25.0 Å². The van der Waals surface area contributed by atoms with E-state index in [9.17, 15) is 0 Å². The summed E-state index contributed by atoms with van der Waals surface area (Å²) in [7, 11) is 0. The summed E-state index contributed by atoms with van der Waals surface area (Å²) >= 11 is 0. The van der Waals surface area contributed by atoms with Gasteiger partial charge in [-0.1, -0.05) is 31.0 Å². The van der Waals surface area contributed by atoms with Gasteiger partial charge in [0, 0.05) is 30.9 Å². The molecule has 0 aromatic heterocycles. The molecule has 3 heteroatoms. The fourth-order valence-corrected chi connectivity index (χ4v) is 3.61. The summed E-state index contributed by atoms with van der Waals surface area (Å²) in [5, 5.41) is 3.55. The van der Waals surface area contributed by atoms with Crippen LogP contribution in [0.3, 0.4) is 0 Å². The molecule has 0 amide bonds. The molecule has 110 valence electrons. The van der Waals surface area contributed by atoms with Gasteiger partial charge in [-0.25, -0.2) is 0 Å². The molecule has 1 aliphatic heterocycles. The number of anilines is 1. The molecule has 3 unspecified atom stereocenters. The Bertz CT molecular complexity index is 407. The number of hydrogen-bond donors (Lipinski definition) is 1. The molecule has 2 fully saturated rings. The third kappa shape index (κ3) is 3.15. The highest BCUT2D eigenvalue weighted by molar-refractivity contribution is 5.42. The van der Waals surface area contributed by atoms with E-state index in [2.05, 4.69) is 47.5 Å². The van der Waals surface area contributed by atoms with Crippen LogP contribution in [-0.4, -0.2) is 42.8 Å². The molecule has 1 aliphatic carbocycles. The molecule has 0 bridgehead atoms. The van der Waals surface area contributed by atoms with Gasteiger partial charge in [0.15, 0.2) is 0 Å². The molecule has 2 aliphatic rings. The SMILES string of the molecule is CC(CNc1ccccc1)N1CCOC2CCCCC21. The fraction of sp³-hybridized carbons (Fsp3) is 0.647. The fourth-order valence-electron chi connectivity index (χ4n) is 3.61. The van der Waals surface area contributed by atoms with Crippen LogP contribution in [0.5, 0.6) is 0 Å². The first kappa shape index (κ1) is 13.9. The van der Waals surface area contributed by atoms with E-state index in [1.54, 1.807) is 0 Å². The lowest BCUT2D eigenvalue weighted by Gasteiger charge is -2.46. The maximum atomic E-state index is 5.96. The maximum Gasteiger partial charge on any atom is 0.0731 e. The van der Waals surface area contributed by atoms with Gasteiger partial charge in [0.25, 0.3) is 0 Å². The molecule has 0 spiro atoms. The number of para-hydroxylation sites is 1. The molecule has 3 atom stereocenters. The number of morpholine rings is 1. The van der Waals surface area contributed by atoms with Gasteiger partial charge in [0.1, 0.15) is 0 Å². The molecule has 1 aromatic rings. The van der Waals surface area contributed by atoms with Gasteiger partial charge in [-0.05, 0) is 31.9 Å². The zero-order chi connectivity index (χ0) is 13.8. The molecule has 20 heavy (non-hydrogen) atoms. The van der Waals surface area contributed by atoms with E-state index in [1.807, 2.05) is 0 Å². The van der Waals surface area contributed by atoms with E-state index >= 15 is 0 Å². The lowest BCUT2D eigenvalue weighted by Crippen LogP contribution is -2.56. The second kappa shape index (κ2) is 6.59. The summed E-state index contributed by atoms with van der Waals surface area (Å²) in [6.45, 7) is 5.33. The van der Waals surface area contributed by atoms with Crippen LogP contribution in [0.25, 0.3) is 0 Å². The largest absolute Gasteiger partial charge is 0.383 e. The van der Waals surface area contributed by atoms with Crippen LogP contribution in [0, 0.1) is 0 Å². The predicted molar refractivity (Wildman–Crippen MR) is 83.1 cm³/mol. The van der Waals surface area contributed by atoms with Crippen molar-refractivity contribution in [3.8, 4) is 0 Å². The zero-order valence-electron chi connectivity index (χ0n) is 12.4. The Hall–Kier alpha value is -1.06. The van der Waals surface area contributed by atoms with Gasteiger partial charge in [-0.15, -0.1) is 0 Å². The summed E-state index contributed by atoms with van der Waals surface area (Å²) in [4.78, 5) is 2.67. The van der Waals surface area contributed by atoms with E-state index in [1.165, 1.54) is 31.4 Å². The highest BCUT2D eigenvalue weighted by Crippen LogP contribution is 2.29. The minimum absolute atomic E-state index is 0.483. The minimum atomic E-state index is 0.483. The number of rotatable bonds is 4. The Morgan fingerprint density at radius 2 is 2.05 bits per heavy atom. The quantitative estimate of drug-likeness (QED) is 0.913. The number of nitrogens with one attached hydrogen (secondary N) is 1. The van der Waals surface area contributed by atoms with Gasteiger partial charge < -0.3 is 10.1 Å². The third-order valence-electron chi connectivity index (χ3n) is 4.72. The number of nitrogens with zero attached hydrogens (tertiary/aromatic N) is 1. The lowest BCUT2D eigenvalue weighted by atomic mass is 9.89. The van der Waals surface area contributed by atoms with Crippen LogP contribution in [0.4, 0.5) is 5.69 Å². The first-order valence-corrected chi connectivity index (χ1v) is 8.01. The molecular formula is C17H26N2O. The first-order chi connectivity index (χ1) is 9.84. The monoisotopic (exact) mass is 274 g/mol. The molecule has 1 N–H and O–H groups in total. The number of hydrogen-bond acceptors (Lipinski definition) is 3. The summed E-state index contributed by atoms with van der Waals surface area (Å²) in [5.41, 5.74) is 1.22. The summed E-state index contributed by atoms with van der Waals surface area (Å²) in [6, 6.07) is 11.7. The molecule has 3 rings (SSSR count). The van der Waals surface area contributed by atoms with Crippen LogP contribution >= 0.6 is 0 Å². The predicted octanol–water partition coefficient (Wildman–Crippen LogP) is 3.13. The van der Waals surface area contributed by atoms with Crippen molar-refractivity contribution in [1.82, 2.24) is 4.90 Å². The van der Waals surface area contributed by atoms with Gasteiger partial charge in [0.05, 0.1) is 12.7 Å². The standard InChI is InChI=1S/C17H26N2O/c1-14(13-18-15-7-3-2-4-8-15)19-11-12-20-17-10-6-5-9-16(17)19/h2-4,7-8,14,16-18H,5-6,9-13H2,1H3. The van der Waals surface area contributed by atoms with Crippen molar-refractivity contribution in [3.05, 3.63) is 30.3 Å². The van der Waals surface area contributed by atoms with Crippen LogP contribution in [0.2, 0.25) is 0 Å². The molecule has 1 heterocycles. The number of fused-ring (bicyclic) bond motifs is 1. The Morgan fingerprint density at radius 3 is 2.90 bits per heavy atom. The van der Waals surface area contributed by atoms with Gasteiger partial charge in [-0.2, -0.15) is 0 Å². The average Bonchev–Trinajstić information content (AvgIpc) is 2.53. The molecule has 1 aromatic carbocycles. The van der Waals surface area contributed by atoms with Gasteiger partial charge in [-0.3, -0.25) is 4.90 Å². The Morgan fingerprint density at radius 1 is 1.25 bits per heavy atom. The lowest BCUT2D eigenvalue weighted by molar-refractivity contribution is -0.0985. The van der Waals surface area contributed by atoms with Crippen molar-refractivity contribution in [3.63, 3.8) is 0 Å². The molecule has 0 radical (unpaired) electrons. The van der Waals surface area contributed by atoms with Crippen LogP contribution in [-0.2, 0) is 4.74 Å². The minimum Gasteiger partial charge on any atom is -0.383 e. The molecule has 3 nitrogen and oxygen atoms in total. The van der Waals surface area contributed by atoms with Crippen LogP contribution < -0.4 is 5.32 Å². The number of benzene rings is 1. The maximum absolute atomic E-state index is 5.96. The summed E-state index contributed by atoms with van der Waals surface area (Å²) in [6.07, 6.45) is 5.74. The summed E-state index contributed by atoms with van der Waals surface area (Å²) in [5.74, 6) is 0. The van der Waals surface area contributed by atoms with E-state index in [-0.39, 0.29) is 0 Å². The Labute approximate surface area is 122 Å². The van der Waals surface area contributed by atoms with Crippen molar-refractivity contribution in [2.24, 2.45) is 0 Å². The van der Waals surface area contributed by atoms with Crippen molar-refractivity contribution >= 4 is 5.69 Å². The zero-order valence-corrected chi connectivity index (χ0v) is 12.4. The smallest absolute Gasteiger partial charge is 0.0731 e. The van der Waals surface area contributed by atoms with E-state index in [0.717, 1.165) is 19.7 Å². The second-order valence-electron chi connectivity index (χ2n) is 6.09. The van der Waals surface area contributed by atoms with Gasteiger partial charge in [0.2, 0.25) is 0 Å². The van der Waals surface area contributed by atoms with E-state index in [0.29, 0.717) is 18.2 Å². The molecule has 1 saturated heterocycles. The Balaban J connectivity index is 1.56. The third-order valence-corrected chi connectivity index (χ3v) is 4.72. The number of ether oxygens (including phenoxy) is 1. The van der Waals surface area contributed by atoms with Crippen molar-refractivity contribution in [1.29, 1.82) is 0 Å². The average molecular weight is 274 g/mol. The first-order valence-electron chi connectivity index (χ1n) is 8.01. The molecule has 1 saturated carbocycles. The normalized spacial score (nSPS) is 28.6. The molecular weight excluding hydrogens is 248 g/mol.